The van der Waals surface area contributed by atoms with Gasteiger partial charge in [0.2, 0.25) is 0 Å². The topological polar surface area (TPSA) is 43.9 Å². The summed E-state index contributed by atoms with van der Waals surface area (Å²) in [6.45, 7) is 5.10. The lowest BCUT2D eigenvalue weighted by Crippen LogP contribution is -2.41. The van der Waals surface area contributed by atoms with E-state index < -0.39 is 0 Å². The number of hydrogen-bond acceptors (Lipinski definition) is 4. The SMILES string of the molecule is Cc1ccc(CN2CCCN3C(=O)N(c4ccccc4)C(=O)C3C2)s1. The van der Waals surface area contributed by atoms with Gasteiger partial charge in [-0.1, -0.05) is 18.2 Å². The average Bonchev–Trinajstić information content (AvgIpc) is 3.01. The molecule has 4 rings (SSSR count). The van der Waals surface area contributed by atoms with E-state index in [1.54, 1.807) is 16.2 Å². The first-order valence-corrected chi connectivity index (χ1v) is 9.42. The van der Waals surface area contributed by atoms with Gasteiger partial charge in [-0.2, -0.15) is 0 Å². The van der Waals surface area contributed by atoms with E-state index in [2.05, 4.69) is 24.0 Å². The molecule has 2 aliphatic rings. The van der Waals surface area contributed by atoms with Gasteiger partial charge in [0.05, 0.1) is 5.69 Å². The summed E-state index contributed by atoms with van der Waals surface area (Å²) in [5, 5.41) is 0. The minimum Gasteiger partial charge on any atom is -0.311 e. The van der Waals surface area contributed by atoms with E-state index in [4.69, 9.17) is 0 Å². The predicted molar refractivity (Wildman–Crippen MR) is 98.8 cm³/mol. The van der Waals surface area contributed by atoms with Crippen molar-refractivity contribution in [3.8, 4) is 0 Å². The third-order valence-corrected chi connectivity index (χ3v) is 5.80. The van der Waals surface area contributed by atoms with E-state index in [9.17, 15) is 9.59 Å². The predicted octanol–water partition coefficient (Wildman–Crippen LogP) is 3.10. The zero-order chi connectivity index (χ0) is 17.4. The number of anilines is 1. The number of benzene rings is 1. The molecule has 2 aromatic rings. The molecule has 0 aliphatic carbocycles. The molecule has 1 aromatic heterocycles. The van der Waals surface area contributed by atoms with Crippen LogP contribution < -0.4 is 4.90 Å². The normalized spacial score (nSPS) is 21.6. The number of nitrogens with zero attached hydrogens (tertiary/aromatic N) is 3. The Hall–Kier alpha value is -2.18. The van der Waals surface area contributed by atoms with Gasteiger partial charge in [-0.3, -0.25) is 9.69 Å². The molecule has 2 fully saturated rings. The third kappa shape index (κ3) is 3.07. The Bertz CT molecular complexity index is 789. The second-order valence-electron chi connectivity index (χ2n) is 6.60. The van der Waals surface area contributed by atoms with Crippen LogP contribution >= 0.6 is 11.3 Å². The van der Waals surface area contributed by atoms with E-state index in [1.165, 1.54) is 14.7 Å². The smallest absolute Gasteiger partial charge is 0.311 e. The first-order valence-electron chi connectivity index (χ1n) is 8.61. The van der Waals surface area contributed by atoms with Gasteiger partial charge < -0.3 is 4.90 Å². The van der Waals surface area contributed by atoms with E-state index in [-0.39, 0.29) is 18.0 Å². The quantitative estimate of drug-likeness (QED) is 0.795. The number of para-hydroxylation sites is 1. The summed E-state index contributed by atoms with van der Waals surface area (Å²) in [4.78, 5) is 33.7. The standard InChI is InChI=1S/C19H21N3O2S/c1-14-8-9-16(25-14)12-20-10-5-11-21-17(13-20)18(23)22(19(21)24)15-6-3-2-4-7-15/h2-4,6-9,17H,5,10-13H2,1H3. The zero-order valence-electron chi connectivity index (χ0n) is 14.2. The van der Waals surface area contributed by atoms with Crippen molar-refractivity contribution in [1.29, 1.82) is 0 Å². The van der Waals surface area contributed by atoms with Gasteiger partial charge in [0.15, 0.2) is 0 Å². The molecule has 1 unspecified atom stereocenters. The number of carbonyl (C=O) groups is 2. The molecule has 0 bridgehead atoms. The van der Waals surface area contributed by atoms with Crippen LogP contribution in [0.5, 0.6) is 0 Å². The number of carbonyl (C=O) groups excluding carboxylic acids is 2. The number of hydrogen-bond donors (Lipinski definition) is 0. The molecule has 6 heteroatoms. The lowest BCUT2D eigenvalue weighted by Gasteiger charge is -2.22. The Morgan fingerprint density at radius 2 is 1.88 bits per heavy atom. The maximum Gasteiger partial charge on any atom is 0.332 e. The number of imide groups is 1. The fraction of sp³-hybridized carbons (Fsp3) is 0.368. The van der Waals surface area contributed by atoms with Gasteiger partial charge in [0, 0.05) is 35.9 Å². The fourth-order valence-electron chi connectivity index (χ4n) is 3.62. The van der Waals surface area contributed by atoms with Crippen molar-refractivity contribution in [2.75, 3.05) is 24.5 Å². The molecule has 1 aromatic carbocycles. The van der Waals surface area contributed by atoms with Crippen molar-refractivity contribution >= 4 is 29.0 Å². The Morgan fingerprint density at radius 3 is 2.60 bits per heavy atom. The molecule has 25 heavy (non-hydrogen) atoms. The van der Waals surface area contributed by atoms with Crippen LogP contribution in [0.2, 0.25) is 0 Å². The third-order valence-electron chi connectivity index (χ3n) is 4.81. The summed E-state index contributed by atoms with van der Waals surface area (Å²) in [6.07, 6.45) is 0.891. The van der Waals surface area contributed by atoms with Crippen molar-refractivity contribution < 1.29 is 9.59 Å². The van der Waals surface area contributed by atoms with Crippen LogP contribution in [0.1, 0.15) is 16.2 Å². The van der Waals surface area contributed by atoms with Crippen LogP contribution in [-0.4, -0.2) is 47.4 Å². The molecule has 5 nitrogen and oxygen atoms in total. The molecule has 2 saturated heterocycles. The van der Waals surface area contributed by atoms with Crippen molar-refractivity contribution in [1.82, 2.24) is 9.80 Å². The number of fused-ring (bicyclic) bond motifs is 1. The molecule has 0 radical (unpaired) electrons. The minimum absolute atomic E-state index is 0.106. The Morgan fingerprint density at radius 1 is 1.08 bits per heavy atom. The van der Waals surface area contributed by atoms with Gasteiger partial charge in [-0.05, 0) is 37.6 Å². The largest absolute Gasteiger partial charge is 0.332 e. The van der Waals surface area contributed by atoms with Crippen LogP contribution in [0.3, 0.4) is 0 Å². The maximum atomic E-state index is 12.9. The molecule has 1 atom stereocenters. The van der Waals surface area contributed by atoms with E-state index in [0.717, 1.165) is 19.5 Å². The number of rotatable bonds is 3. The number of thiophene rings is 1. The van der Waals surface area contributed by atoms with Gasteiger partial charge >= 0.3 is 6.03 Å². The molecule has 130 valence electrons. The summed E-state index contributed by atoms with van der Waals surface area (Å²) in [6, 6.07) is 12.9. The summed E-state index contributed by atoms with van der Waals surface area (Å²) in [7, 11) is 0. The van der Waals surface area contributed by atoms with Gasteiger partial charge in [0.1, 0.15) is 6.04 Å². The molecule has 0 saturated carbocycles. The lowest BCUT2D eigenvalue weighted by atomic mass is 10.2. The van der Waals surface area contributed by atoms with Crippen LogP contribution in [0, 0.1) is 6.92 Å². The average molecular weight is 355 g/mol. The highest BCUT2D eigenvalue weighted by Gasteiger charge is 2.47. The van der Waals surface area contributed by atoms with Crippen LogP contribution in [0.15, 0.2) is 42.5 Å². The summed E-state index contributed by atoms with van der Waals surface area (Å²) >= 11 is 1.79. The van der Waals surface area contributed by atoms with Crippen molar-refractivity contribution in [3.63, 3.8) is 0 Å². The first kappa shape index (κ1) is 16.3. The van der Waals surface area contributed by atoms with Gasteiger partial charge in [0.25, 0.3) is 5.91 Å². The van der Waals surface area contributed by atoms with E-state index in [0.29, 0.717) is 18.8 Å². The first-order chi connectivity index (χ1) is 12.1. The molecule has 3 heterocycles. The lowest BCUT2D eigenvalue weighted by molar-refractivity contribution is -0.120. The molecule has 0 N–H and O–H groups in total. The zero-order valence-corrected chi connectivity index (χ0v) is 15.0. The highest BCUT2D eigenvalue weighted by Crippen LogP contribution is 2.28. The summed E-state index contributed by atoms with van der Waals surface area (Å²) in [5.74, 6) is -0.106. The second-order valence-corrected chi connectivity index (χ2v) is 7.97. The molecule has 3 amide bonds. The number of aryl methyl sites for hydroxylation is 1. The molecular formula is C19H21N3O2S. The van der Waals surface area contributed by atoms with Gasteiger partial charge in [-0.15, -0.1) is 11.3 Å². The number of amides is 3. The van der Waals surface area contributed by atoms with Crippen LogP contribution in [0.4, 0.5) is 10.5 Å². The minimum atomic E-state index is -0.378. The second kappa shape index (κ2) is 6.61. The number of urea groups is 1. The Balaban J connectivity index is 1.54. The van der Waals surface area contributed by atoms with Crippen LogP contribution in [0.25, 0.3) is 0 Å². The molecule has 0 spiro atoms. The summed E-state index contributed by atoms with van der Waals surface area (Å²) < 4.78 is 0. The van der Waals surface area contributed by atoms with Gasteiger partial charge in [-0.25, -0.2) is 9.69 Å². The summed E-state index contributed by atoms with van der Waals surface area (Å²) in [5.41, 5.74) is 0.658. The fourth-order valence-corrected chi connectivity index (χ4v) is 4.55. The molecule has 2 aliphatic heterocycles. The Kier molecular flexibility index (Phi) is 4.31. The van der Waals surface area contributed by atoms with E-state index >= 15 is 0 Å². The Labute approximate surface area is 151 Å². The molecular weight excluding hydrogens is 334 g/mol. The highest BCUT2D eigenvalue weighted by atomic mass is 32.1. The maximum absolute atomic E-state index is 12.9. The van der Waals surface area contributed by atoms with Crippen LogP contribution in [-0.2, 0) is 11.3 Å². The highest BCUT2D eigenvalue weighted by molar-refractivity contribution is 7.11. The van der Waals surface area contributed by atoms with Crippen molar-refractivity contribution in [2.45, 2.75) is 25.9 Å². The van der Waals surface area contributed by atoms with Crippen molar-refractivity contribution in [2.24, 2.45) is 0 Å². The monoisotopic (exact) mass is 355 g/mol. The van der Waals surface area contributed by atoms with E-state index in [1.807, 2.05) is 30.3 Å². The van der Waals surface area contributed by atoms with Crippen molar-refractivity contribution in [3.05, 3.63) is 52.2 Å².